The molecule has 6 nitrogen and oxygen atoms in total. The van der Waals surface area contributed by atoms with Gasteiger partial charge in [0.15, 0.2) is 23.0 Å². The van der Waals surface area contributed by atoms with E-state index in [1.165, 1.54) is 28.7 Å². The Hall–Kier alpha value is -2.44. The van der Waals surface area contributed by atoms with Crippen molar-refractivity contribution in [1.82, 2.24) is 10.2 Å². The Morgan fingerprint density at radius 1 is 0.939 bits per heavy atom. The molecular weight excluding hydrogens is 416 g/mol. The van der Waals surface area contributed by atoms with Crippen LogP contribution in [-0.4, -0.2) is 49.0 Å². The number of piperidine rings is 1. The van der Waals surface area contributed by atoms with E-state index in [4.69, 9.17) is 9.47 Å². The predicted molar refractivity (Wildman–Crippen MR) is 128 cm³/mol. The molecule has 2 aromatic rings. The van der Waals surface area contributed by atoms with Crippen LogP contribution >= 0.6 is 0 Å². The van der Waals surface area contributed by atoms with E-state index in [2.05, 4.69) is 23.2 Å². The van der Waals surface area contributed by atoms with Crippen LogP contribution in [-0.2, 0) is 12.8 Å². The number of benzene rings is 2. The maximum absolute atomic E-state index is 10.3. The van der Waals surface area contributed by atoms with Crippen LogP contribution in [0.3, 0.4) is 0 Å². The minimum absolute atomic E-state index is 0.229. The van der Waals surface area contributed by atoms with Crippen molar-refractivity contribution in [3.63, 3.8) is 0 Å². The number of phenols is 2. The van der Waals surface area contributed by atoms with Crippen molar-refractivity contribution in [2.45, 2.75) is 51.1 Å². The molecule has 0 radical (unpaired) electrons. The molecule has 2 aromatic carbocycles. The van der Waals surface area contributed by atoms with Gasteiger partial charge >= 0.3 is 0 Å². The first-order chi connectivity index (χ1) is 16.0. The van der Waals surface area contributed by atoms with Crippen LogP contribution in [0, 0.1) is 11.8 Å². The molecule has 3 aliphatic rings. The van der Waals surface area contributed by atoms with E-state index < -0.39 is 0 Å². The van der Waals surface area contributed by atoms with Crippen LogP contribution in [0.1, 0.15) is 60.5 Å². The number of hydrogen-bond donors (Lipinski definition) is 3. The lowest BCUT2D eigenvalue weighted by molar-refractivity contribution is 0.0435. The summed E-state index contributed by atoms with van der Waals surface area (Å²) in [7, 11) is 3.24. The summed E-state index contributed by atoms with van der Waals surface area (Å²) in [4.78, 5) is 2.65. The fraction of sp³-hybridized carbons (Fsp3) is 0.556. The highest BCUT2D eigenvalue weighted by Gasteiger charge is 2.40. The van der Waals surface area contributed by atoms with Crippen LogP contribution in [0.2, 0.25) is 0 Å². The standard InChI is InChI=1S/C27H36N2O4/c1-4-16-15-29-8-6-18-12-25(31)27(33-3)14-21(18)23(29)10-19(16)9-22-20-13-26(32-2)24(30)11-17(20)5-7-28-22/h11-14,16,19,22-23,28,30-31H,4-10,15H2,1-3H3/t16-,19-,22+,23-/m0/s1. The van der Waals surface area contributed by atoms with E-state index in [1.807, 2.05) is 18.2 Å². The third kappa shape index (κ3) is 4.04. The largest absolute Gasteiger partial charge is 0.504 e. The van der Waals surface area contributed by atoms with Crippen molar-refractivity contribution in [1.29, 1.82) is 0 Å². The second kappa shape index (κ2) is 9.07. The molecule has 3 heterocycles. The minimum atomic E-state index is 0.229. The van der Waals surface area contributed by atoms with Gasteiger partial charge in [-0.25, -0.2) is 0 Å². The molecule has 3 aliphatic heterocycles. The molecule has 0 spiro atoms. The summed E-state index contributed by atoms with van der Waals surface area (Å²) in [6.45, 7) is 5.42. The smallest absolute Gasteiger partial charge is 0.160 e. The maximum Gasteiger partial charge on any atom is 0.160 e. The number of nitrogens with one attached hydrogen (secondary N) is 1. The first-order valence-electron chi connectivity index (χ1n) is 12.3. The molecule has 0 amide bonds. The topological polar surface area (TPSA) is 74.2 Å². The van der Waals surface area contributed by atoms with Crippen molar-refractivity contribution in [3.05, 3.63) is 46.5 Å². The number of fused-ring (bicyclic) bond motifs is 4. The lowest BCUT2D eigenvalue weighted by Gasteiger charge is -2.48. The number of hydrogen-bond acceptors (Lipinski definition) is 6. The fourth-order valence-corrected chi connectivity index (χ4v) is 6.45. The fourth-order valence-electron chi connectivity index (χ4n) is 6.45. The van der Waals surface area contributed by atoms with E-state index >= 15 is 0 Å². The summed E-state index contributed by atoms with van der Waals surface area (Å²) in [5, 5.41) is 24.3. The van der Waals surface area contributed by atoms with Crippen LogP contribution < -0.4 is 14.8 Å². The third-order valence-corrected chi connectivity index (χ3v) is 8.23. The Morgan fingerprint density at radius 2 is 1.61 bits per heavy atom. The molecule has 1 fully saturated rings. The third-order valence-electron chi connectivity index (χ3n) is 8.23. The summed E-state index contributed by atoms with van der Waals surface area (Å²) < 4.78 is 10.9. The minimum Gasteiger partial charge on any atom is -0.504 e. The maximum atomic E-state index is 10.3. The van der Waals surface area contributed by atoms with Gasteiger partial charge in [-0.15, -0.1) is 0 Å². The molecule has 0 unspecified atom stereocenters. The summed E-state index contributed by atoms with van der Waals surface area (Å²) >= 11 is 0. The van der Waals surface area contributed by atoms with Gasteiger partial charge in [0.25, 0.3) is 0 Å². The quantitative estimate of drug-likeness (QED) is 0.627. The van der Waals surface area contributed by atoms with Crippen LogP contribution in [0.5, 0.6) is 23.0 Å². The van der Waals surface area contributed by atoms with Crippen molar-refractivity contribution in [2.75, 3.05) is 33.9 Å². The number of phenolic OH excluding ortho intramolecular Hbond substituents is 2. The van der Waals surface area contributed by atoms with Gasteiger partial charge in [0.2, 0.25) is 0 Å². The van der Waals surface area contributed by atoms with E-state index in [9.17, 15) is 10.2 Å². The van der Waals surface area contributed by atoms with Gasteiger partial charge < -0.3 is 25.0 Å². The Balaban J connectivity index is 1.43. The van der Waals surface area contributed by atoms with Gasteiger partial charge in [-0.05, 0) is 90.6 Å². The lowest BCUT2D eigenvalue weighted by Crippen LogP contribution is -2.46. The van der Waals surface area contributed by atoms with Crippen molar-refractivity contribution in [2.24, 2.45) is 11.8 Å². The number of nitrogens with zero attached hydrogens (tertiary/aromatic N) is 1. The zero-order valence-corrected chi connectivity index (χ0v) is 19.9. The second-order valence-corrected chi connectivity index (χ2v) is 9.86. The average molecular weight is 453 g/mol. The van der Waals surface area contributed by atoms with E-state index in [0.29, 0.717) is 29.4 Å². The number of ether oxygens (including phenoxy) is 2. The zero-order chi connectivity index (χ0) is 23.1. The SMILES string of the molecule is CC[C@H]1CN2CCc3cc(O)c(OC)cc3[C@@H]2C[C@@H]1C[C@H]1NCCc2cc(O)c(OC)cc21. The van der Waals surface area contributed by atoms with Crippen LogP contribution in [0.4, 0.5) is 0 Å². The molecular formula is C27H36N2O4. The Kier molecular flexibility index (Phi) is 6.14. The molecule has 1 saturated heterocycles. The van der Waals surface area contributed by atoms with E-state index in [0.717, 1.165) is 45.3 Å². The van der Waals surface area contributed by atoms with Crippen molar-refractivity contribution < 1.29 is 19.7 Å². The van der Waals surface area contributed by atoms with Gasteiger partial charge in [-0.1, -0.05) is 13.3 Å². The Labute approximate surface area is 196 Å². The number of rotatable bonds is 5. The van der Waals surface area contributed by atoms with Gasteiger partial charge in [-0.3, -0.25) is 4.90 Å². The molecule has 178 valence electrons. The molecule has 0 aliphatic carbocycles. The molecule has 0 bridgehead atoms. The molecule has 4 atom stereocenters. The van der Waals surface area contributed by atoms with Gasteiger partial charge in [0, 0.05) is 25.2 Å². The molecule has 5 rings (SSSR count). The van der Waals surface area contributed by atoms with E-state index in [1.54, 1.807) is 14.2 Å². The summed E-state index contributed by atoms with van der Waals surface area (Å²) in [6, 6.07) is 8.52. The predicted octanol–water partition coefficient (Wildman–Crippen LogP) is 4.34. The van der Waals surface area contributed by atoms with Crippen molar-refractivity contribution >= 4 is 0 Å². The average Bonchev–Trinajstić information content (AvgIpc) is 2.82. The van der Waals surface area contributed by atoms with Gasteiger partial charge in [0.05, 0.1) is 14.2 Å². The molecule has 0 aromatic heterocycles. The molecule has 33 heavy (non-hydrogen) atoms. The van der Waals surface area contributed by atoms with Crippen molar-refractivity contribution in [3.8, 4) is 23.0 Å². The van der Waals surface area contributed by atoms with Gasteiger partial charge in [-0.2, -0.15) is 0 Å². The van der Waals surface area contributed by atoms with Gasteiger partial charge in [0.1, 0.15) is 0 Å². The second-order valence-electron chi connectivity index (χ2n) is 9.86. The molecule has 0 saturated carbocycles. The summed E-state index contributed by atoms with van der Waals surface area (Å²) in [6.07, 6.45) is 5.28. The Morgan fingerprint density at radius 3 is 2.27 bits per heavy atom. The summed E-state index contributed by atoms with van der Waals surface area (Å²) in [5.74, 6) is 2.84. The monoisotopic (exact) mass is 452 g/mol. The van der Waals surface area contributed by atoms with Crippen LogP contribution in [0.15, 0.2) is 24.3 Å². The first kappa shape index (κ1) is 22.4. The van der Waals surface area contributed by atoms with E-state index in [-0.39, 0.29) is 17.5 Å². The Bertz CT molecular complexity index is 1020. The van der Waals surface area contributed by atoms with Crippen LogP contribution in [0.25, 0.3) is 0 Å². The molecule has 3 N–H and O–H groups in total. The lowest BCUT2D eigenvalue weighted by atomic mass is 9.72. The zero-order valence-electron chi connectivity index (χ0n) is 19.9. The number of aromatic hydroxyl groups is 2. The molecule has 6 heteroatoms. The number of methoxy groups -OCH3 is 2. The normalized spacial score (nSPS) is 26.8. The highest BCUT2D eigenvalue weighted by Crippen LogP contribution is 2.47. The highest BCUT2D eigenvalue weighted by molar-refractivity contribution is 5.50. The first-order valence-corrected chi connectivity index (χ1v) is 12.3. The highest BCUT2D eigenvalue weighted by atomic mass is 16.5. The summed E-state index contributed by atoms with van der Waals surface area (Å²) in [5.41, 5.74) is 5.07.